The standard InChI is InChI=1S/C22H20N4O3/c1-4-28-22(27)17-13-19(26(25-17)18-11-6-5-9-15(18)3)21-24-23-20(29-21)16-10-7-8-14(2)12-16/h5-13H,4H2,1-3H3. The molecule has 4 rings (SSSR count). The maximum atomic E-state index is 12.3. The van der Waals surface area contributed by atoms with Crippen molar-refractivity contribution < 1.29 is 13.9 Å². The molecule has 0 N–H and O–H groups in total. The van der Waals surface area contributed by atoms with Crippen LogP contribution in [0.2, 0.25) is 0 Å². The molecule has 2 aromatic carbocycles. The lowest BCUT2D eigenvalue weighted by molar-refractivity contribution is 0.0519. The molecular formula is C22H20N4O3. The Balaban J connectivity index is 1.82. The molecule has 0 fully saturated rings. The first kappa shape index (κ1) is 18.6. The minimum atomic E-state index is -0.500. The Hall–Kier alpha value is -3.74. The first-order valence-corrected chi connectivity index (χ1v) is 9.31. The van der Waals surface area contributed by atoms with Crippen LogP contribution in [0.5, 0.6) is 0 Å². The first-order chi connectivity index (χ1) is 14.1. The smallest absolute Gasteiger partial charge is 0.358 e. The van der Waals surface area contributed by atoms with Gasteiger partial charge in [0.15, 0.2) is 5.69 Å². The zero-order chi connectivity index (χ0) is 20.4. The van der Waals surface area contributed by atoms with E-state index in [1.807, 2.05) is 62.4 Å². The van der Waals surface area contributed by atoms with E-state index in [2.05, 4.69) is 15.3 Å². The predicted octanol–water partition coefficient (Wildman–Crippen LogP) is 4.38. The monoisotopic (exact) mass is 388 g/mol. The van der Waals surface area contributed by atoms with Gasteiger partial charge in [-0.2, -0.15) is 5.10 Å². The van der Waals surface area contributed by atoms with Gasteiger partial charge >= 0.3 is 5.97 Å². The zero-order valence-electron chi connectivity index (χ0n) is 16.4. The number of carbonyl (C=O) groups excluding carboxylic acids is 1. The molecule has 0 unspecified atom stereocenters. The van der Waals surface area contributed by atoms with E-state index < -0.39 is 5.97 Å². The molecule has 0 spiro atoms. The number of esters is 1. The lowest BCUT2D eigenvalue weighted by Crippen LogP contribution is -2.07. The van der Waals surface area contributed by atoms with E-state index in [1.165, 1.54) is 0 Å². The maximum Gasteiger partial charge on any atom is 0.358 e. The Labute approximate surface area is 168 Å². The summed E-state index contributed by atoms with van der Waals surface area (Å²) in [7, 11) is 0. The molecule has 0 saturated heterocycles. The van der Waals surface area contributed by atoms with E-state index in [9.17, 15) is 4.79 Å². The highest BCUT2D eigenvalue weighted by Gasteiger charge is 2.22. The summed E-state index contributed by atoms with van der Waals surface area (Å²) in [6, 6.07) is 17.2. The van der Waals surface area contributed by atoms with E-state index in [-0.39, 0.29) is 18.2 Å². The minimum Gasteiger partial charge on any atom is -0.461 e. The molecule has 0 aliphatic heterocycles. The van der Waals surface area contributed by atoms with Crippen molar-refractivity contribution >= 4 is 5.97 Å². The van der Waals surface area contributed by atoms with Gasteiger partial charge in [0.25, 0.3) is 5.89 Å². The molecule has 0 aliphatic rings. The van der Waals surface area contributed by atoms with Gasteiger partial charge in [-0.1, -0.05) is 35.9 Å². The molecule has 7 nitrogen and oxygen atoms in total. The van der Waals surface area contributed by atoms with Crippen LogP contribution in [0.4, 0.5) is 0 Å². The number of hydrogen-bond acceptors (Lipinski definition) is 6. The molecule has 4 aromatic rings. The minimum absolute atomic E-state index is 0.181. The second-order valence-electron chi connectivity index (χ2n) is 6.62. The molecule has 29 heavy (non-hydrogen) atoms. The Morgan fingerprint density at radius 2 is 1.83 bits per heavy atom. The Morgan fingerprint density at radius 1 is 1.03 bits per heavy atom. The molecule has 0 aliphatic carbocycles. The van der Waals surface area contributed by atoms with Gasteiger partial charge in [-0.15, -0.1) is 10.2 Å². The lowest BCUT2D eigenvalue weighted by atomic mass is 10.1. The molecule has 2 heterocycles. The summed E-state index contributed by atoms with van der Waals surface area (Å²) >= 11 is 0. The normalized spacial score (nSPS) is 10.9. The van der Waals surface area contributed by atoms with Gasteiger partial charge in [0.05, 0.1) is 12.3 Å². The Morgan fingerprint density at radius 3 is 2.59 bits per heavy atom. The van der Waals surface area contributed by atoms with E-state index in [0.29, 0.717) is 11.6 Å². The van der Waals surface area contributed by atoms with E-state index >= 15 is 0 Å². The van der Waals surface area contributed by atoms with Gasteiger partial charge < -0.3 is 9.15 Å². The SMILES string of the molecule is CCOC(=O)c1cc(-c2nnc(-c3cccc(C)c3)o2)n(-c2ccccc2C)n1. The molecule has 146 valence electrons. The molecule has 2 aromatic heterocycles. The summed E-state index contributed by atoms with van der Waals surface area (Å²) in [4.78, 5) is 12.3. The second-order valence-corrected chi connectivity index (χ2v) is 6.62. The van der Waals surface area contributed by atoms with Gasteiger partial charge in [0.1, 0.15) is 5.69 Å². The summed E-state index contributed by atoms with van der Waals surface area (Å²) in [5.74, 6) is 0.172. The third kappa shape index (κ3) is 3.67. The van der Waals surface area contributed by atoms with Crippen molar-refractivity contribution in [2.24, 2.45) is 0 Å². The fourth-order valence-corrected chi connectivity index (χ4v) is 3.04. The summed E-state index contributed by atoms with van der Waals surface area (Å²) in [5, 5.41) is 12.8. The maximum absolute atomic E-state index is 12.3. The fourth-order valence-electron chi connectivity index (χ4n) is 3.04. The third-order valence-corrected chi connectivity index (χ3v) is 4.45. The van der Waals surface area contributed by atoms with Crippen LogP contribution in [-0.4, -0.2) is 32.6 Å². The summed E-state index contributed by atoms with van der Waals surface area (Å²) < 4.78 is 12.7. The highest BCUT2D eigenvalue weighted by molar-refractivity contribution is 5.88. The van der Waals surface area contributed by atoms with Crippen LogP contribution in [0.1, 0.15) is 28.5 Å². The number of carbonyl (C=O) groups is 1. The van der Waals surface area contributed by atoms with Crippen LogP contribution in [-0.2, 0) is 4.74 Å². The Kier molecular flexibility index (Phi) is 4.95. The van der Waals surface area contributed by atoms with Crippen molar-refractivity contribution in [3.63, 3.8) is 0 Å². The van der Waals surface area contributed by atoms with Crippen molar-refractivity contribution in [3.05, 3.63) is 71.4 Å². The molecule has 0 saturated carbocycles. The molecule has 7 heteroatoms. The van der Waals surface area contributed by atoms with E-state index in [0.717, 1.165) is 22.4 Å². The summed E-state index contributed by atoms with van der Waals surface area (Å²) in [6.45, 7) is 5.99. The number of nitrogens with zero attached hydrogens (tertiary/aromatic N) is 4. The van der Waals surface area contributed by atoms with E-state index in [4.69, 9.17) is 9.15 Å². The van der Waals surface area contributed by atoms with Crippen molar-refractivity contribution in [3.8, 4) is 28.7 Å². The van der Waals surface area contributed by atoms with Crippen LogP contribution in [0.15, 0.2) is 59.0 Å². The largest absolute Gasteiger partial charge is 0.461 e. The molecular weight excluding hydrogens is 368 g/mol. The van der Waals surface area contributed by atoms with Gasteiger partial charge in [-0.05, 0) is 44.5 Å². The van der Waals surface area contributed by atoms with Crippen molar-refractivity contribution in [1.29, 1.82) is 0 Å². The average molecular weight is 388 g/mol. The summed E-state index contributed by atoms with van der Waals surface area (Å²) in [5.41, 5.74) is 4.43. The zero-order valence-corrected chi connectivity index (χ0v) is 16.4. The number of ether oxygens (including phenoxy) is 1. The number of benzene rings is 2. The average Bonchev–Trinajstić information content (AvgIpc) is 3.36. The number of aryl methyl sites for hydroxylation is 2. The van der Waals surface area contributed by atoms with Crippen molar-refractivity contribution in [2.75, 3.05) is 6.61 Å². The van der Waals surface area contributed by atoms with Crippen LogP contribution < -0.4 is 0 Å². The number of rotatable bonds is 5. The van der Waals surface area contributed by atoms with Gasteiger partial charge in [-0.25, -0.2) is 9.48 Å². The first-order valence-electron chi connectivity index (χ1n) is 9.31. The second kappa shape index (κ2) is 7.71. The van der Waals surface area contributed by atoms with Gasteiger partial charge in [0, 0.05) is 11.6 Å². The van der Waals surface area contributed by atoms with Crippen molar-refractivity contribution in [2.45, 2.75) is 20.8 Å². The topological polar surface area (TPSA) is 83.0 Å². The highest BCUT2D eigenvalue weighted by Crippen LogP contribution is 2.28. The summed E-state index contributed by atoms with van der Waals surface area (Å²) in [6.07, 6.45) is 0. The third-order valence-electron chi connectivity index (χ3n) is 4.45. The van der Waals surface area contributed by atoms with Crippen LogP contribution in [0.3, 0.4) is 0 Å². The number of aromatic nitrogens is 4. The predicted molar refractivity (Wildman–Crippen MR) is 108 cm³/mol. The van der Waals surface area contributed by atoms with Crippen molar-refractivity contribution in [1.82, 2.24) is 20.0 Å². The molecule has 0 atom stereocenters. The van der Waals surface area contributed by atoms with Crippen LogP contribution >= 0.6 is 0 Å². The molecule has 0 bridgehead atoms. The van der Waals surface area contributed by atoms with Crippen LogP contribution in [0, 0.1) is 13.8 Å². The van der Waals surface area contributed by atoms with Gasteiger partial charge in [0.2, 0.25) is 5.89 Å². The fraction of sp³-hybridized carbons (Fsp3) is 0.182. The number of hydrogen-bond donors (Lipinski definition) is 0. The Bertz CT molecular complexity index is 1180. The lowest BCUT2D eigenvalue weighted by Gasteiger charge is -2.07. The molecule has 0 radical (unpaired) electrons. The highest BCUT2D eigenvalue weighted by atomic mass is 16.5. The van der Waals surface area contributed by atoms with Gasteiger partial charge in [-0.3, -0.25) is 0 Å². The number of para-hydroxylation sites is 1. The quantitative estimate of drug-likeness (QED) is 0.472. The molecule has 0 amide bonds. The van der Waals surface area contributed by atoms with E-state index in [1.54, 1.807) is 17.7 Å². The van der Waals surface area contributed by atoms with Crippen LogP contribution in [0.25, 0.3) is 28.7 Å².